The number of carboxylic acid groups (broad SMARTS) is 1. The predicted molar refractivity (Wildman–Crippen MR) is 90.8 cm³/mol. The Kier molecular flexibility index (Phi) is 13.0. The molecule has 0 aromatic carbocycles. The van der Waals surface area contributed by atoms with Crippen LogP contribution in [-0.2, 0) is 4.79 Å². The highest BCUT2D eigenvalue weighted by atomic mass is 16.4. The molecule has 0 aliphatic heterocycles. The second kappa shape index (κ2) is 13.4. The Labute approximate surface area is 148 Å². The van der Waals surface area contributed by atoms with Gasteiger partial charge in [0.1, 0.15) is 0 Å². The fourth-order valence-electron chi connectivity index (χ4n) is 3.37. The van der Waals surface area contributed by atoms with E-state index >= 15 is 0 Å². The number of carboxylic acids is 1. The lowest BCUT2D eigenvalue weighted by molar-refractivity contribution is -0.145. The van der Waals surface area contributed by atoms with Gasteiger partial charge in [-0.05, 0) is 43.9 Å². The van der Waals surface area contributed by atoms with E-state index in [1.165, 1.54) is 0 Å². The monoisotopic (exact) mass is 366 g/mol. The minimum absolute atomic E-state index is 0.0761. The normalized spacial score (nSPS) is 19.0. The van der Waals surface area contributed by atoms with Gasteiger partial charge < -0.3 is 35.7 Å². The maximum absolute atomic E-state index is 11.6. The van der Waals surface area contributed by atoms with E-state index in [-0.39, 0.29) is 25.4 Å². The number of aliphatic carboxylic acids is 1. The van der Waals surface area contributed by atoms with Crippen LogP contribution in [0.2, 0.25) is 0 Å². The van der Waals surface area contributed by atoms with Crippen molar-refractivity contribution in [3.63, 3.8) is 0 Å². The Bertz CT molecular complexity index is 352. The van der Waals surface area contributed by atoms with Crippen molar-refractivity contribution in [2.45, 2.75) is 63.8 Å². The van der Waals surface area contributed by atoms with Crippen molar-refractivity contribution in [3.05, 3.63) is 0 Å². The Balaban J connectivity index is 5.27. The molecule has 0 aliphatic carbocycles. The second-order valence-electron chi connectivity index (χ2n) is 6.69. The molecule has 0 aliphatic rings. The molecule has 0 saturated carbocycles. The Morgan fingerprint density at radius 1 is 0.840 bits per heavy atom. The highest BCUT2D eigenvalue weighted by Crippen LogP contribution is 2.35. The maximum Gasteiger partial charge on any atom is 0.306 e. The van der Waals surface area contributed by atoms with E-state index in [1.54, 1.807) is 6.92 Å². The molecule has 150 valence electrons. The molecule has 0 aromatic rings. The Hall–Kier alpha value is -0.770. The zero-order valence-electron chi connectivity index (χ0n) is 14.9. The smallest absolute Gasteiger partial charge is 0.306 e. The van der Waals surface area contributed by atoms with Crippen LogP contribution in [0.15, 0.2) is 0 Å². The van der Waals surface area contributed by atoms with E-state index in [1.807, 2.05) is 0 Å². The first-order chi connectivity index (χ1) is 11.8. The molecule has 7 N–H and O–H groups in total. The number of hydrogen-bond acceptors (Lipinski definition) is 7. The Morgan fingerprint density at radius 3 is 1.80 bits per heavy atom. The summed E-state index contributed by atoms with van der Waals surface area (Å²) in [5.74, 6) is -2.55. The van der Waals surface area contributed by atoms with E-state index < -0.39 is 49.3 Å². The number of rotatable bonds is 15. The molecular weight excluding hydrogens is 332 g/mol. The van der Waals surface area contributed by atoms with Crippen LogP contribution >= 0.6 is 0 Å². The largest absolute Gasteiger partial charge is 0.481 e. The third kappa shape index (κ3) is 9.48. The van der Waals surface area contributed by atoms with E-state index in [0.717, 1.165) is 0 Å². The molecule has 6 unspecified atom stereocenters. The van der Waals surface area contributed by atoms with Crippen molar-refractivity contribution in [1.29, 1.82) is 0 Å². The van der Waals surface area contributed by atoms with Gasteiger partial charge in [-0.15, -0.1) is 0 Å². The number of aliphatic hydroxyl groups excluding tert-OH is 6. The van der Waals surface area contributed by atoms with Gasteiger partial charge in [0.2, 0.25) is 0 Å². The summed E-state index contributed by atoms with van der Waals surface area (Å²) >= 11 is 0. The van der Waals surface area contributed by atoms with Gasteiger partial charge in [0.05, 0.1) is 44.1 Å². The Morgan fingerprint density at radius 2 is 1.36 bits per heavy atom. The summed E-state index contributed by atoms with van der Waals surface area (Å²) in [5.41, 5.74) is 0. The molecule has 0 rings (SSSR count). The molecule has 0 spiro atoms. The fraction of sp³-hybridized carbons (Fsp3) is 0.941. The summed E-state index contributed by atoms with van der Waals surface area (Å²) in [5, 5.41) is 65.7. The summed E-state index contributed by atoms with van der Waals surface area (Å²) in [6, 6.07) is 0. The molecule has 0 radical (unpaired) electrons. The van der Waals surface area contributed by atoms with Gasteiger partial charge in [-0.3, -0.25) is 4.79 Å². The molecule has 0 fully saturated rings. The standard InChI is InChI=1S/C17H34O8/c1-2-15(17(24)25)16(7-14(23)10-20)11(6-13(22)9-19)4-3-5-12(21)8-18/h11-16,18-23H,2-10H2,1H3,(H,24,25). The van der Waals surface area contributed by atoms with Crippen molar-refractivity contribution < 1.29 is 40.5 Å². The first-order valence-corrected chi connectivity index (χ1v) is 8.90. The van der Waals surface area contributed by atoms with Crippen molar-refractivity contribution in [2.75, 3.05) is 19.8 Å². The van der Waals surface area contributed by atoms with Crippen LogP contribution in [0.25, 0.3) is 0 Å². The van der Waals surface area contributed by atoms with Crippen LogP contribution in [0.5, 0.6) is 0 Å². The highest BCUT2D eigenvalue weighted by molar-refractivity contribution is 5.70. The van der Waals surface area contributed by atoms with Gasteiger partial charge in [-0.25, -0.2) is 0 Å². The minimum Gasteiger partial charge on any atom is -0.481 e. The van der Waals surface area contributed by atoms with Crippen LogP contribution in [0.4, 0.5) is 0 Å². The summed E-state index contributed by atoms with van der Waals surface area (Å²) < 4.78 is 0. The first-order valence-electron chi connectivity index (χ1n) is 8.90. The number of aliphatic hydroxyl groups is 6. The average Bonchev–Trinajstić information content (AvgIpc) is 2.59. The maximum atomic E-state index is 11.6. The lowest BCUT2D eigenvalue weighted by Crippen LogP contribution is -2.35. The van der Waals surface area contributed by atoms with Gasteiger partial charge in [0.25, 0.3) is 0 Å². The molecule has 0 heterocycles. The average molecular weight is 366 g/mol. The minimum atomic E-state index is -1.06. The number of hydrogen-bond donors (Lipinski definition) is 7. The van der Waals surface area contributed by atoms with Gasteiger partial charge >= 0.3 is 5.97 Å². The van der Waals surface area contributed by atoms with Crippen molar-refractivity contribution in [2.24, 2.45) is 17.8 Å². The molecule has 6 atom stereocenters. The summed E-state index contributed by atoms with van der Waals surface area (Å²) in [6.45, 7) is 0.440. The SMILES string of the molecule is CCC(C(=O)O)C(CC(O)CO)C(CCCC(O)CO)CC(O)CO. The van der Waals surface area contributed by atoms with Crippen LogP contribution in [0, 0.1) is 17.8 Å². The van der Waals surface area contributed by atoms with Crippen molar-refractivity contribution in [1.82, 2.24) is 0 Å². The number of carbonyl (C=O) groups is 1. The van der Waals surface area contributed by atoms with E-state index in [0.29, 0.717) is 25.7 Å². The molecule has 0 aromatic heterocycles. The van der Waals surface area contributed by atoms with Gasteiger partial charge in [-0.1, -0.05) is 13.3 Å². The van der Waals surface area contributed by atoms with Crippen LogP contribution in [0.3, 0.4) is 0 Å². The highest BCUT2D eigenvalue weighted by Gasteiger charge is 2.35. The predicted octanol–water partition coefficient (Wildman–Crippen LogP) is -0.660. The van der Waals surface area contributed by atoms with Crippen LogP contribution in [-0.4, -0.2) is 79.8 Å². The van der Waals surface area contributed by atoms with Crippen molar-refractivity contribution >= 4 is 5.97 Å². The third-order valence-electron chi connectivity index (χ3n) is 4.74. The summed E-state index contributed by atoms with van der Waals surface area (Å²) in [4.78, 5) is 11.6. The van der Waals surface area contributed by atoms with Gasteiger partial charge in [-0.2, -0.15) is 0 Å². The second-order valence-corrected chi connectivity index (χ2v) is 6.69. The zero-order chi connectivity index (χ0) is 19.4. The molecular formula is C17H34O8. The van der Waals surface area contributed by atoms with Gasteiger partial charge in [0, 0.05) is 0 Å². The molecule has 25 heavy (non-hydrogen) atoms. The molecule has 8 heteroatoms. The topological polar surface area (TPSA) is 159 Å². The fourth-order valence-corrected chi connectivity index (χ4v) is 3.37. The van der Waals surface area contributed by atoms with Gasteiger partial charge in [0.15, 0.2) is 0 Å². The third-order valence-corrected chi connectivity index (χ3v) is 4.74. The van der Waals surface area contributed by atoms with E-state index in [9.17, 15) is 25.2 Å². The van der Waals surface area contributed by atoms with Crippen molar-refractivity contribution in [3.8, 4) is 0 Å². The molecule has 0 saturated heterocycles. The molecule has 0 amide bonds. The lowest BCUT2D eigenvalue weighted by atomic mass is 9.72. The molecule has 0 bridgehead atoms. The summed E-state index contributed by atoms with van der Waals surface area (Å²) in [7, 11) is 0. The zero-order valence-corrected chi connectivity index (χ0v) is 14.9. The summed E-state index contributed by atoms with van der Waals surface area (Å²) in [6.07, 6.45) is -1.03. The quantitative estimate of drug-likeness (QED) is 0.201. The van der Waals surface area contributed by atoms with Crippen LogP contribution < -0.4 is 0 Å². The van der Waals surface area contributed by atoms with Crippen LogP contribution in [0.1, 0.15) is 45.4 Å². The molecule has 8 nitrogen and oxygen atoms in total. The first kappa shape index (κ1) is 24.2. The van der Waals surface area contributed by atoms with E-state index in [4.69, 9.17) is 15.3 Å². The lowest BCUT2D eigenvalue weighted by Gasteiger charge is -2.34. The van der Waals surface area contributed by atoms with E-state index in [2.05, 4.69) is 0 Å².